The van der Waals surface area contributed by atoms with Crippen molar-refractivity contribution in [1.29, 1.82) is 0 Å². The van der Waals surface area contributed by atoms with E-state index >= 15 is 0 Å². The number of carbonyl (C=O) groups excluding carboxylic acids is 1. The van der Waals surface area contributed by atoms with E-state index in [1.54, 1.807) is 33.7 Å². The fourth-order valence-electron chi connectivity index (χ4n) is 5.24. The van der Waals surface area contributed by atoms with Crippen LogP contribution in [0.3, 0.4) is 0 Å². The van der Waals surface area contributed by atoms with E-state index in [2.05, 4.69) is 9.88 Å². The second-order valence-corrected chi connectivity index (χ2v) is 9.56. The van der Waals surface area contributed by atoms with E-state index in [1.807, 2.05) is 6.92 Å². The predicted molar refractivity (Wildman–Crippen MR) is 127 cm³/mol. The van der Waals surface area contributed by atoms with Gasteiger partial charge in [0.15, 0.2) is 0 Å². The van der Waals surface area contributed by atoms with Gasteiger partial charge in [0, 0.05) is 37.4 Å². The van der Waals surface area contributed by atoms with Crippen molar-refractivity contribution >= 4 is 23.0 Å². The number of likely N-dealkylation sites (tertiary alicyclic amines) is 2. The van der Waals surface area contributed by atoms with Gasteiger partial charge in [0.05, 0.1) is 5.56 Å². The molecule has 33 heavy (non-hydrogen) atoms. The summed E-state index contributed by atoms with van der Waals surface area (Å²) in [5, 5.41) is 0.477. The van der Waals surface area contributed by atoms with Crippen molar-refractivity contribution in [3.63, 3.8) is 0 Å². The number of nitrogens with one attached hydrogen (secondary N) is 1. The number of amides is 1. The average Bonchev–Trinajstić information content (AvgIpc) is 3.46. The van der Waals surface area contributed by atoms with Crippen LogP contribution in [0.1, 0.15) is 52.9 Å². The number of nitrogens with zero attached hydrogens (tertiary/aromatic N) is 3. The Labute approximate surface area is 197 Å². The standard InChI is InChI=1S/C25H28ClFN4O2/c1-16-12-22-24(32)28-15-19(31(22)23(16)26)13-17-4-5-21(27)20(14-17)25(33)30-10-6-18(7-11-30)29-8-2-3-9-29/h4-5,12,14-15,18H,2-3,6-11,13H2,1H3,(H,28,32). The summed E-state index contributed by atoms with van der Waals surface area (Å²) in [6.45, 7) is 5.46. The summed E-state index contributed by atoms with van der Waals surface area (Å²) in [4.78, 5) is 32.4. The molecule has 5 rings (SSSR count). The summed E-state index contributed by atoms with van der Waals surface area (Å²) in [7, 11) is 0. The van der Waals surface area contributed by atoms with Crippen molar-refractivity contribution in [2.24, 2.45) is 0 Å². The molecule has 2 aromatic heterocycles. The van der Waals surface area contributed by atoms with Crippen LogP contribution in [0.4, 0.5) is 4.39 Å². The smallest absolute Gasteiger partial charge is 0.272 e. The highest BCUT2D eigenvalue weighted by molar-refractivity contribution is 6.30. The molecule has 1 amide bonds. The average molecular weight is 471 g/mol. The fraction of sp³-hybridized carbons (Fsp3) is 0.440. The molecule has 0 radical (unpaired) electrons. The van der Waals surface area contributed by atoms with Gasteiger partial charge in [-0.25, -0.2) is 4.39 Å². The van der Waals surface area contributed by atoms with Crippen LogP contribution in [0.15, 0.2) is 35.3 Å². The normalized spacial score (nSPS) is 17.8. The number of benzene rings is 1. The number of carbonyl (C=O) groups is 1. The first-order chi connectivity index (χ1) is 15.9. The Hall–Kier alpha value is -2.64. The lowest BCUT2D eigenvalue weighted by atomic mass is 10.0. The maximum atomic E-state index is 14.7. The molecule has 0 unspecified atom stereocenters. The second kappa shape index (κ2) is 8.95. The second-order valence-electron chi connectivity index (χ2n) is 9.21. The Bertz CT molecular complexity index is 1250. The zero-order valence-electron chi connectivity index (χ0n) is 18.7. The molecule has 1 N–H and O–H groups in total. The summed E-state index contributed by atoms with van der Waals surface area (Å²) in [6, 6.07) is 6.93. The van der Waals surface area contributed by atoms with Crippen LogP contribution in [0, 0.1) is 12.7 Å². The first-order valence-corrected chi connectivity index (χ1v) is 12.0. The van der Waals surface area contributed by atoms with Gasteiger partial charge in [-0.05, 0) is 75.0 Å². The first kappa shape index (κ1) is 22.2. The van der Waals surface area contributed by atoms with Gasteiger partial charge in [0.2, 0.25) is 0 Å². The molecule has 0 saturated carbocycles. The maximum absolute atomic E-state index is 14.7. The summed E-state index contributed by atoms with van der Waals surface area (Å²) < 4.78 is 16.4. The largest absolute Gasteiger partial charge is 0.338 e. The Kier molecular flexibility index (Phi) is 6.01. The lowest BCUT2D eigenvalue weighted by molar-refractivity contribution is 0.0640. The monoisotopic (exact) mass is 470 g/mol. The minimum Gasteiger partial charge on any atom is -0.338 e. The number of hydrogen-bond donors (Lipinski definition) is 1. The Morgan fingerprint density at radius 3 is 2.61 bits per heavy atom. The van der Waals surface area contributed by atoms with Crippen molar-refractivity contribution in [2.45, 2.75) is 45.1 Å². The summed E-state index contributed by atoms with van der Waals surface area (Å²) in [5.41, 5.74) is 2.70. The molecule has 3 aromatic rings. The van der Waals surface area contributed by atoms with Crippen molar-refractivity contribution in [1.82, 2.24) is 19.2 Å². The summed E-state index contributed by atoms with van der Waals surface area (Å²) in [6.07, 6.45) is 6.41. The van der Waals surface area contributed by atoms with Crippen molar-refractivity contribution in [3.05, 3.63) is 74.2 Å². The van der Waals surface area contributed by atoms with Crippen LogP contribution < -0.4 is 5.56 Å². The van der Waals surface area contributed by atoms with Gasteiger partial charge in [-0.2, -0.15) is 0 Å². The van der Waals surface area contributed by atoms with Gasteiger partial charge in [-0.1, -0.05) is 17.7 Å². The Balaban J connectivity index is 1.36. The molecule has 1 aromatic carbocycles. The zero-order chi connectivity index (χ0) is 23.1. The van der Waals surface area contributed by atoms with Gasteiger partial charge in [-0.3, -0.25) is 14.0 Å². The predicted octanol–water partition coefficient (Wildman–Crippen LogP) is 4.02. The lowest BCUT2D eigenvalue weighted by Crippen LogP contribution is -2.46. The maximum Gasteiger partial charge on any atom is 0.272 e. The van der Waals surface area contributed by atoms with Crippen molar-refractivity contribution < 1.29 is 9.18 Å². The van der Waals surface area contributed by atoms with Crippen LogP contribution in [-0.4, -0.2) is 57.3 Å². The number of aromatic nitrogens is 2. The molecule has 174 valence electrons. The molecule has 0 atom stereocenters. The SMILES string of the molecule is Cc1cc2c(=O)[nH]cc(Cc3ccc(F)c(C(=O)N4CCC(N5CCCC5)CC4)c3)n2c1Cl. The fourth-order valence-corrected chi connectivity index (χ4v) is 5.50. The number of H-pyrrole nitrogens is 1. The topological polar surface area (TPSA) is 60.8 Å². The molecular weight excluding hydrogens is 443 g/mol. The zero-order valence-corrected chi connectivity index (χ0v) is 19.5. The third kappa shape index (κ3) is 4.20. The highest BCUT2D eigenvalue weighted by Gasteiger charge is 2.29. The van der Waals surface area contributed by atoms with Crippen LogP contribution in [-0.2, 0) is 6.42 Å². The molecule has 4 heterocycles. The van der Waals surface area contributed by atoms with Gasteiger partial charge in [-0.15, -0.1) is 0 Å². The van der Waals surface area contributed by atoms with E-state index in [4.69, 9.17) is 11.6 Å². The molecule has 2 saturated heterocycles. The highest BCUT2D eigenvalue weighted by atomic mass is 35.5. The minimum atomic E-state index is -0.508. The van der Waals surface area contributed by atoms with Crippen molar-refractivity contribution in [2.75, 3.05) is 26.2 Å². The first-order valence-electron chi connectivity index (χ1n) is 11.6. The number of piperidine rings is 1. The molecule has 2 fully saturated rings. The molecule has 0 spiro atoms. The van der Waals surface area contributed by atoms with Gasteiger partial charge in [0.1, 0.15) is 16.5 Å². The van der Waals surface area contributed by atoms with E-state index in [0.717, 1.165) is 42.8 Å². The quantitative estimate of drug-likeness (QED) is 0.626. The number of aromatic amines is 1. The molecular formula is C25H28ClFN4O2. The summed E-state index contributed by atoms with van der Waals surface area (Å²) >= 11 is 6.44. The van der Waals surface area contributed by atoms with E-state index in [1.165, 1.54) is 18.9 Å². The number of hydrogen-bond acceptors (Lipinski definition) is 3. The molecule has 2 aliphatic heterocycles. The van der Waals surface area contributed by atoms with E-state index in [0.29, 0.717) is 36.2 Å². The van der Waals surface area contributed by atoms with E-state index in [9.17, 15) is 14.0 Å². The molecule has 8 heteroatoms. The third-order valence-electron chi connectivity index (χ3n) is 7.06. The van der Waals surface area contributed by atoms with Crippen LogP contribution in [0.2, 0.25) is 5.15 Å². The van der Waals surface area contributed by atoms with E-state index in [-0.39, 0.29) is 17.0 Å². The summed E-state index contributed by atoms with van der Waals surface area (Å²) in [5.74, 6) is -0.762. The highest BCUT2D eigenvalue weighted by Crippen LogP contribution is 2.25. The van der Waals surface area contributed by atoms with Crippen LogP contribution >= 0.6 is 11.6 Å². The minimum absolute atomic E-state index is 0.0996. The van der Waals surface area contributed by atoms with Crippen molar-refractivity contribution in [3.8, 4) is 0 Å². The molecule has 6 nitrogen and oxygen atoms in total. The lowest BCUT2D eigenvalue weighted by Gasteiger charge is -2.36. The Morgan fingerprint density at radius 2 is 1.88 bits per heavy atom. The van der Waals surface area contributed by atoms with Gasteiger partial charge in [0.25, 0.3) is 11.5 Å². The molecule has 0 aliphatic carbocycles. The van der Waals surface area contributed by atoms with Gasteiger partial charge >= 0.3 is 0 Å². The third-order valence-corrected chi connectivity index (χ3v) is 7.53. The van der Waals surface area contributed by atoms with Crippen LogP contribution in [0.25, 0.3) is 5.52 Å². The number of aryl methyl sites for hydroxylation is 1. The molecule has 0 bridgehead atoms. The van der Waals surface area contributed by atoms with Crippen LogP contribution in [0.5, 0.6) is 0 Å². The van der Waals surface area contributed by atoms with Gasteiger partial charge < -0.3 is 14.8 Å². The molecule has 2 aliphatic rings. The number of halogens is 2. The van der Waals surface area contributed by atoms with E-state index < -0.39 is 5.82 Å². The Morgan fingerprint density at radius 1 is 1.15 bits per heavy atom. The number of rotatable bonds is 4. The number of fused-ring (bicyclic) bond motifs is 1.